The van der Waals surface area contributed by atoms with Crippen LogP contribution in [-0.2, 0) is 9.53 Å². The summed E-state index contributed by atoms with van der Waals surface area (Å²) in [4.78, 5) is 12.2. The number of fused-ring (bicyclic) bond motifs is 1. The molecule has 2 aliphatic rings. The number of amides is 1. The predicted molar refractivity (Wildman–Crippen MR) is 47.3 cm³/mol. The van der Waals surface area contributed by atoms with E-state index in [4.69, 9.17) is 10.5 Å². The monoisotopic (exact) mass is 185 g/mol. The zero-order valence-electron chi connectivity index (χ0n) is 6.66. The van der Waals surface area contributed by atoms with Crippen molar-refractivity contribution in [2.45, 2.75) is 6.42 Å². The van der Waals surface area contributed by atoms with Crippen LogP contribution in [0.3, 0.4) is 0 Å². The van der Waals surface area contributed by atoms with Gasteiger partial charge in [-0.3, -0.25) is 4.79 Å². The minimum atomic E-state index is -0.169. The van der Waals surface area contributed by atoms with Gasteiger partial charge in [-0.25, -0.2) is 0 Å². The Morgan fingerprint density at radius 3 is 3.33 bits per heavy atom. The van der Waals surface area contributed by atoms with Crippen LogP contribution < -0.4 is 5.73 Å². The number of allylic oxidation sites excluding steroid dienone is 1. The number of nitrogens with two attached hydrogens (primary N) is 1. The van der Waals surface area contributed by atoms with Crippen molar-refractivity contribution < 1.29 is 9.53 Å². The number of hydrogen-bond acceptors (Lipinski definition) is 3. The quantitative estimate of drug-likeness (QED) is 0.654. The van der Waals surface area contributed by atoms with Crippen LogP contribution in [0, 0.1) is 11.8 Å². The van der Waals surface area contributed by atoms with E-state index < -0.39 is 0 Å². The number of thioether (sulfide) groups is 1. The second kappa shape index (κ2) is 3.01. The average molecular weight is 185 g/mol. The van der Waals surface area contributed by atoms with Gasteiger partial charge >= 0.3 is 0 Å². The summed E-state index contributed by atoms with van der Waals surface area (Å²) in [6.45, 7) is 0.721. The van der Waals surface area contributed by atoms with Gasteiger partial charge in [-0.1, -0.05) is 0 Å². The first-order chi connectivity index (χ1) is 5.79. The summed E-state index contributed by atoms with van der Waals surface area (Å²) in [7, 11) is 0. The van der Waals surface area contributed by atoms with Gasteiger partial charge in [0.05, 0.1) is 18.8 Å². The molecule has 0 spiro atoms. The largest absolute Gasteiger partial charge is 0.500 e. The van der Waals surface area contributed by atoms with Crippen molar-refractivity contribution in [3.63, 3.8) is 0 Å². The predicted octanol–water partition coefficient (Wildman–Crippen LogP) is 0.713. The summed E-state index contributed by atoms with van der Waals surface area (Å²) < 4.78 is 5.18. The van der Waals surface area contributed by atoms with Gasteiger partial charge in [0.25, 0.3) is 0 Å². The molecule has 0 radical (unpaired) electrons. The van der Waals surface area contributed by atoms with Crippen molar-refractivity contribution in [2.75, 3.05) is 12.4 Å². The molecular formula is C8H11NO2S. The highest BCUT2D eigenvalue weighted by Gasteiger charge is 2.37. The Morgan fingerprint density at radius 2 is 2.58 bits per heavy atom. The van der Waals surface area contributed by atoms with Gasteiger partial charge in [-0.15, -0.1) is 11.8 Å². The number of primary amides is 1. The number of carbonyl (C=O) groups is 1. The number of carbonyl (C=O) groups excluding carboxylic acids is 1. The smallest absolute Gasteiger partial charge is 0.222 e. The van der Waals surface area contributed by atoms with Crippen LogP contribution in [0.5, 0.6) is 0 Å². The molecule has 2 heterocycles. The molecule has 1 amide bonds. The summed E-state index contributed by atoms with van der Waals surface area (Å²) in [6, 6.07) is 0. The minimum absolute atomic E-state index is 0.0325. The molecule has 0 bridgehead atoms. The maximum Gasteiger partial charge on any atom is 0.222 e. The van der Waals surface area contributed by atoms with E-state index in [9.17, 15) is 4.79 Å². The van der Waals surface area contributed by atoms with E-state index in [1.807, 2.05) is 0 Å². The van der Waals surface area contributed by atoms with Crippen molar-refractivity contribution >= 4 is 17.7 Å². The zero-order chi connectivity index (χ0) is 8.55. The van der Waals surface area contributed by atoms with Crippen LogP contribution in [0.25, 0.3) is 0 Å². The summed E-state index contributed by atoms with van der Waals surface area (Å²) in [5.74, 6) is 1.04. The molecule has 0 aliphatic carbocycles. The molecule has 1 saturated heterocycles. The lowest BCUT2D eigenvalue weighted by molar-refractivity contribution is -0.122. The Kier molecular flexibility index (Phi) is 2.00. The number of ether oxygens (including phenoxy) is 1. The van der Waals surface area contributed by atoms with E-state index in [1.54, 1.807) is 18.0 Å². The molecule has 66 valence electrons. The molecule has 12 heavy (non-hydrogen) atoms. The lowest BCUT2D eigenvalue weighted by Crippen LogP contribution is -2.29. The first kappa shape index (κ1) is 7.98. The lowest BCUT2D eigenvalue weighted by Gasteiger charge is -2.20. The highest BCUT2D eigenvalue weighted by Crippen LogP contribution is 2.43. The molecular weight excluding hydrogens is 174 g/mol. The second-order valence-electron chi connectivity index (χ2n) is 3.11. The molecule has 0 aromatic heterocycles. The fraction of sp³-hybridized carbons (Fsp3) is 0.625. The maximum atomic E-state index is 11.0. The Bertz CT molecular complexity index is 239. The van der Waals surface area contributed by atoms with Crippen LogP contribution in [0.1, 0.15) is 6.42 Å². The van der Waals surface area contributed by atoms with Gasteiger partial charge in [-0.05, 0) is 6.42 Å². The molecule has 3 nitrogen and oxygen atoms in total. The first-order valence-electron chi connectivity index (χ1n) is 4.03. The van der Waals surface area contributed by atoms with E-state index in [2.05, 4.69) is 0 Å². The van der Waals surface area contributed by atoms with E-state index in [0.717, 1.165) is 18.8 Å². The van der Waals surface area contributed by atoms with Crippen LogP contribution in [-0.4, -0.2) is 18.3 Å². The summed E-state index contributed by atoms with van der Waals surface area (Å²) >= 11 is 1.70. The molecule has 4 heteroatoms. The van der Waals surface area contributed by atoms with Gasteiger partial charge in [-0.2, -0.15) is 0 Å². The van der Waals surface area contributed by atoms with Crippen LogP contribution in [0.15, 0.2) is 11.2 Å². The second-order valence-corrected chi connectivity index (χ2v) is 4.20. The van der Waals surface area contributed by atoms with Gasteiger partial charge in [0, 0.05) is 16.6 Å². The van der Waals surface area contributed by atoms with E-state index >= 15 is 0 Å². The van der Waals surface area contributed by atoms with Crippen LogP contribution in [0.4, 0.5) is 0 Å². The van der Waals surface area contributed by atoms with Crippen molar-refractivity contribution in [1.82, 2.24) is 0 Å². The molecule has 2 N–H and O–H groups in total. The summed E-state index contributed by atoms with van der Waals surface area (Å²) in [6.07, 6.45) is 2.72. The Balaban J connectivity index is 2.17. The number of hydrogen-bond donors (Lipinski definition) is 1. The van der Waals surface area contributed by atoms with Gasteiger partial charge < -0.3 is 10.5 Å². The highest BCUT2D eigenvalue weighted by atomic mass is 32.2. The van der Waals surface area contributed by atoms with Crippen molar-refractivity contribution in [3.05, 3.63) is 11.2 Å². The third-order valence-corrected chi connectivity index (χ3v) is 3.65. The highest BCUT2D eigenvalue weighted by molar-refractivity contribution is 8.03. The molecule has 0 saturated carbocycles. The Morgan fingerprint density at radius 1 is 1.75 bits per heavy atom. The fourth-order valence-electron chi connectivity index (χ4n) is 1.69. The van der Waals surface area contributed by atoms with Crippen molar-refractivity contribution in [3.8, 4) is 0 Å². The van der Waals surface area contributed by atoms with Crippen LogP contribution in [0.2, 0.25) is 0 Å². The minimum Gasteiger partial charge on any atom is -0.500 e. The number of rotatable bonds is 1. The molecule has 0 aromatic rings. The average Bonchev–Trinajstić information content (AvgIpc) is 2.47. The van der Waals surface area contributed by atoms with E-state index in [0.29, 0.717) is 5.92 Å². The molecule has 2 unspecified atom stereocenters. The third-order valence-electron chi connectivity index (χ3n) is 2.39. The molecule has 1 fully saturated rings. The Hall–Kier alpha value is -0.640. The van der Waals surface area contributed by atoms with Crippen LogP contribution >= 0.6 is 11.8 Å². The standard InChI is InChI=1S/C8H11NO2S/c9-8(10)6-4-12-7-3-11-2-1-5(6)7/h3,5-6H,1-2,4H2,(H2,9,10). The van der Waals surface area contributed by atoms with Crippen molar-refractivity contribution in [1.29, 1.82) is 0 Å². The summed E-state index contributed by atoms with van der Waals surface area (Å²) in [5, 5.41) is 0. The molecule has 2 rings (SSSR count). The normalized spacial score (nSPS) is 33.5. The topological polar surface area (TPSA) is 52.3 Å². The van der Waals surface area contributed by atoms with E-state index in [1.165, 1.54) is 4.91 Å². The molecule has 0 aromatic carbocycles. The SMILES string of the molecule is NC(=O)C1CSC2=COCCC21. The third kappa shape index (κ3) is 1.20. The molecule has 2 atom stereocenters. The van der Waals surface area contributed by atoms with Crippen molar-refractivity contribution in [2.24, 2.45) is 17.6 Å². The first-order valence-corrected chi connectivity index (χ1v) is 5.01. The van der Waals surface area contributed by atoms with E-state index in [-0.39, 0.29) is 11.8 Å². The lowest BCUT2D eigenvalue weighted by atomic mass is 9.90. The van der Waals surface area contributed by atoms with Gasteiger partial charge in [0.2, 0.25) is 5.91 Å². The maximum absolute atomic E-state index is 11.0. The Labute approximate surface area is 75.3 Å². The fourth-order valence-corrected chi connectivity index (χ4v) is 3.09. The summed E-state index contributed by atoms with van der Waals surface area (Å²) in [5.41, 5.74) is 5.28. The molecule has 2 aliphatic heterocycles. The van der Waals surface area contributed by atoms with Gasteiger partial charge in [0.1, 0.15) is 0 Å². The van der Waals surface area contributed by atoms with Gasteiger partial charge in [0.15, 0.2) is 0 Å². The zero-order valence-corrected chi connectivity index (χ0v) is 7.47.